The third kappa shape index (κ3) is 7.19. The van der Waals surface area contributed by atoms with Gasteiger partial charge in [-0.1, -0.05) is 45.7 Å². The molecule has 0 saturated carbocycles. The van der Waals surface area contributed by atoms with Crippen molar-refractivity contribution >= 4 is 16.8 Å². The zero-order valence-electron chi connectivity index (χ0n) is 27.4. The van der Waals surface area contributed by atoms with Crippen molar-refractivity contribution in [3.8, 4) is 11.1 Å². The van der Waals surface area contributed by atoms with E-state index in [1.165, 1.54) is 24.1 Å². The Morgan fingerprint density at radius 1 is 1.02 bits per heavy atom. The van der Waals surface area contributed by atoms with Crippen LogP contribution in [0.5, 0.6) is 0 Å². The maximum atomic E-state index is 14.7. The Morgan fingerprint density at radius 3 is 2.43 bits per heavy atom. The lowest BCUT2D eigenvalue weighted by Crippen LogP contribution is -2.52. The Bertz CT molecular complexity index is 1410. The number of amides is 1. The molecule has 0 bridgehead atoms. The van der Waals surface area contributed by atoms with E-state index in [-0.39, 0.29) is 24.3 Å². The van der Waals surface area contributed by atoms with E-state index in [0.29, 0.717) is 49.7 Å². The minimum Gasteiger partial charge on any atom is -0.377 e. The molecule has 7 nitrogen and oxygen atoms in total. The normalized spacial score (nSPS) is 21.0. The van der Waals surface area contributed by atoms with Crippen LogP contribution in [0.2, 0.25) is 0 Å². The van der Waals surface area contributed by atoms with Crippen molar-refractivity contribution < 1.29 is 23.4 Å². The molecule has 2 aliphatic heterocycles. The molecular weight excluding hydrogens is 557 g/mol. The molecule has 2 aliphatic rings. The topological polar surface area (TPSA) is 65.8 Å². The largest absolute Gasteiger partial charge is 0.377 e. The summed E-state index contributed by atoms with van der Waals surface area (Å²) in [5.41, 5.74) is 4.31. The number of aromatic nitrogens is 2. The molecule has 240 valence electrons. The molecular formula is C36H50FN3O4. The second-order valence-electron chi connectivity index (χ2n) is 13.2. The van der Waals surface area contributed by atoms with Gasteiger partial charge in [-0.15, -0.1) is 0 Å². The van der Waals surface area contributed by atoms with Gasteiger partial charge >= 0.3 is 0 Å². The molecule has 2 aromatic carbocycles. The van der Waals surface area contributed by atoms with Gasteiger partial charge in [-0.05, 0) is 92.2 Å². The van der Waals surface area contributed by atoms with Gasteiger partial charge in [0.25, 0.3) is 5.91 Å². The smallest absolute Gasteiger partial charge is 0.255 e. The summed E-state index contributed by atoms with van der Waals surface area (Å²) >= 11 is 0. The van der Waals surface area contributed by atoms with Crippen LogP contribution in [-0.4, -0.2) is 65.4 Å². The number of fused-ring (bicyclic) bond motifs is 1. The van der Waals surface area contributed by atoms with Crippen LogP contribution in [0.1, 0.15) is 95.0 Å². The minimum absolute atomic E-state index is 0.0402. The number of hydrogen-bond donors (Lipinski definition) is 0. The van der Waals surface area contributed by atoms with E-state index in [1.807, 2.05) is 36.7 Å². The van der Waals surface area contributed by atoms with Gasteiger partial charge in [0.1, 0.15) is 5.82 Å². The molecule has 5 rings (SSSR count). The first-order chi connectivity index (χ1) is 21.2. The molecule has 0 N–H and O–H groups in total. The maximum Gasteiger partial charge on any atom is 0.255 e. The van der Waals surface area contributed by atoms with Gasteiger partial charge in [-0.2, -0.15) is 5.10 Å². The zero-order chi connectivity index (χ0) is 31.4. The molecule has 8 heteroatoms. The average molecular weight is 608 g/mol. The highest BCUT2D eigenvalue weighted by Gasteiger charge is 2.32. The summed E-state index contributed by atoms with van der Waals surface area (Å²) in [5, 5.41) is 5.55. The van der Waals surface area contributed by atoms with Gasteiger partial charge in [0.05, 0.1) is 55.8 Å². The quantitative estimate of drug-likeness (QED) is 0.211. The standard InChI is InChI=1S/C36H50FN3O4/c1-7-26(9-8-10-27(23(2)3)11-14-35-43-15-16-44-35)28-17-31(33-20-38-39(6)34(33)18-28)30-13-12-29(37)19-32(30)36(41)40-24(4)21-42-22-25(40)5/h12-13,17-20,23-27,35H,7-11,14-16,21-22H2,1-6H3/t24-,25-,26?,27?/m1/s1. The van der Waals surface area contributed by atoms with Crippen molar-refractivity contribution in [3.05, 3.63) is 53.5 Å². The summed E-state index contributed by atoms with van der Waals surface area (Å²) in [6.07, 6.45) is 8.30. The second-order valence-corrected chi connectivity index (χ2v) is 13.2. The SMILES string of the molecule is CCC(CCCC(CCC1OCCO1)C(C)C)c1cc(-c2ccc(F)cc2C(=O)N2[C@H](C)COC[C@H]2C)c2cnn(C)c2c1. The monoisotopic (exact) mass is 607 g/mol. The molecule has 0 spiro atoms. The van der Waals surface area contributed by atoms with E-state index in [2.05, 4.69) is 38.0 Å². The van der Waals surface area contributed by atoms with Crippen LogP contribution in [0.25, 0.3) is 22.0 Å². The summed E-state index contributed by atoms with van der Waals surface area (Å²) < 4.78 is 33.7. The lowest BCUT2D eigenvalue weighted by molar-refractivity contribution is -0.0514. The number of morpholine rings is 1. The first-order valence-corrected chi connectivity index (χ1v) is 16.6. The summed E-state index contributed by atoms with van der Waals surface area (Å²) in [6, 6.07) is 8.91. The van der Waals surface area contributed by atoms with Crippen LogP contribution in [-0.2, 0) is 21.3 Å². The fourth-order valence-electron chi connectivity index (χ4n) is 7.17. The lowest BCUT2D eigenvalue weighted by Gasteiger charge is -2.39. The summed E-state index contributed by atoms with van der Waals surface area (Å²) in [6.45, 7) is 13.2. The third-order valence-corrected chi connectivity index (χ3v) is 9.79. The van der Waals surface area contributed by atoms with Crippen LogP contribution in [0.3, 0.4) is 0 Å². The van der Waals surface area contributed by atoms with Crippen LogP contribution in [0.15, 0.2) is 36.5 Å². The second kappa shape index (κ2) is 14.5. The molecule has 1 amide bonds. The van der Waals surface area contributed by atoms with Crippen molar-refractivity contribution in [2.45, 2.75) is 97.4 Å². The van der Waals surface area contributed by atoms with Crippen LogP contribution in [0, 0.1) is 17.7 Å². The maximum absolute atomic E-state index is 14.7. The fraction of sp³-hybridized carbons (Fsp3) is 0.611. The van der Waals surface area contributed by atoms with Gasteiger partial charge in [0.15, 0.2) is 6.29 Å². The van der Waals surface area contributed by atoms with Crippen molar-refractivity contribution in [1.82, 2.24) is 14.7 Å². The molecule has 0 radical (unpaired) electrons. The van der Waals surface area contributed by atoms with Crippen molar-refractivity contribution in [2.24, 2.45) is 18.9 Å². The van der Waals surface area contributed by atoms with Gasteiger partial charge in [-0.3, -0.25) is 9.48 Å². The van der Waals surface area contributed by atoms with E-state index < -0.39 is 5.82 Å². The van der Waals surface area contributed by atoms with Gasteiger partial charge < -0.3 is 19.1 Å². The van der Waals surface area contributed by atoms with Gasteiger partial charge in [-0.25, -0.2) is 4.39 Å². The van der Waals surface area contributed by atoms with Gasteiger partial charge in [0, 0.05) is 12.4 Å². The van der Waals surface area contributed by atoms with Crippen molar-refractivity contribution in [2.75, 3.05) is 26.4 Å². The van der Waals surface area contributed by atoms with E-state index in [0.717, 1.165) is 54.1 Å². The van der Waals surface area contributed by atoms with E-state index >= 15 is 0 Å². The van der Waals surface area contributed by atoms with E-state index in [4.69, 9.17) is 14.2 Å². The number of nitrogens with zero attached hydrogens (tertiary/aromatic N) is 3. The number of carbonyl (C=O) groups is 1. The molecule has 4 atom stereocenters. The van der Waals surface area contributed by atoms with Crippen LogP contribution >= 0.6 is 0 Å². The van der Waals surface area contributed by atoms with Crippen molar-refractivity contribution in [3.63, 3.8) is 0 Å². The average Bonchev–Trinajstić information content (AvgIpc) is 3.66. The number of benzene rings is 2. The van der Waals surface area contributed by atoms with E-state index in [9.17, 15) is 9.18 Å². The predicted octanol–water partition coefficient (Wildman–Crippen LogP) is 7.72. The molecule has 2 unspecified atom stereocenters. The Morgan fingerprint density at radius 2 is 1.75 bits per heavy atom. The Balaban J connectivity index is 1.42. The van der Waals surface area contributed by atoms with Crippen LogP contribution < -0.4 is 0 Å². The summed E-state index contributed by atoms with van der Waals surface area (Å²) in [4.78, 5) is 15.9. The lowest BCUT2D eigenvalue weighted by atomic mass is 9.83. The number of carbonyl (C=O) groups excluding carboxylic acids is 1. The van der Waals surface area contributed by atoms with Gasteiger partial charge in [0.2, 0.25) is 0 Å². The Hall–Kier alpha value is -2.81. The molecule has 3 aromatic rings. The van der Waals surface area contributed by atoms with Crippen LogP contribution in [0.4, 0.5) is 4.39 Å². The summed E-state index contributed by atoms with van der Waals surface area (Å²) in [7, 11) is 1.95. The molecule has 3 heterocycles. The predicted molar refractivity (Wildman–Crippen MR) is 172 cm³/mol. The van der Waals surface area contributed by atoms with E-state index in [1.54, 1.807) is 6.07 Å². The minimum atomic E-state index is -0.415. The molecule has 1 aromatic heterocycles. The number of halogens is 1. The van der Waals surface area contributed by atoms with Crippen molar-refractivity contribution in [1.29, 1.82) is 0 Å². The highest BCUT2D eigenvalue weighted by Crippen LogP contribution is 2.38. The molecule has 44 heavy (non-hydrogen) atoms. The number of aryl methyl sites for hydroxylation is 1. The first-order valence-electron chi connectivity index (χ1n) is 16.6. The summed E-state index contributed by atoms with van der Waals surface area (Å²) in [5.74, 6) is 1.03. The fourth-order valence-corrected chi connectivity index (χ4v) is 7.17. The molecule has 2 saturated heterocycles. The Labute approximate surface area is 262 Å². The first kappa shape index (κ1) is 32.6. The highest BCUT2D eigenvalue weighted by molar-refractivity contribution is 6.06. The number of ether oxygens (including phenoxy) is 3. The molecule has 0 aliphatic carbocycles. The zero-order valence-corrected chi connectivity index (χ0v) is 27.4. The number of rotatable bonds is 12. The highest BCUT2D eigenvalue weighted by atomic mass is 19.1. The molecule has 2 fully saturated rings. The Kier molecular flexibility index (Phi) is 10.8. The third-order valence-electron chi connectivity index (χ3n) is 9.79. The number of hydrogen-bond acceptors (Lipinski definition) is 5.